The van der Waals surface area contributed by atoms with Gasteiger partial charge in [0.05, 0.1) is 6.04 Å². The van der Waals surface area contributed by atoms with E-state index in [0.29, 0.717) is 0 Å². The van der Waals surface area contributed by atoms with E-state index in [1.165, 1.54) is 5.56 Å². The second-order valence-corrected chi connectivity index (χ2v) is 3.42. The Morgan fingerprint density at radius 3 is 2.46 bits per heavy atom. The highest BCUT2D eigenvalue weighted by Crippen LogP contribution is 2.25. The minimum absolute atomic E-state index is 0.238. The average molecular weight is 175 g/mol. The van der Waals surface area contributed by atoms with Crippen molar-refractivity contribution in [1.82, 2.24) is 4.90 Å². The molecule has 68 valence electrons. The van der Waals surface area contributed by atoms with E-state index >= 15 is 0 Å². The molecule has 1 atom stereocenters. The predicted octanol–water partition coefficient (Wildman–Crippen LogP) is 1.98. The van der Waals surface area contributed by atoms with Crippen LogP contribution in [0.3, 0.4) is 0 Å². The minimum atomic E-state index is 0.238. The van der Waals surface area contributed by atoms with E-state index < -0.39 is 0 Å². The first kappa shape index (κ1) is 8.30. The van der Waals surface area contributed by atoms with Crippen molar-refractivity contribution in [1.29, 1.82) is 0 Å². The largest absolute Gasteiger partial charge is 0.335 e. The lowest BCUT2D eigenvalue weighted by Crippen LogP contribution is -2.44. The van der Waals surface area contributed by atoms with Gasteiger partial charge in [0.2, 0.25) is 5.91 Å². The SMILES string of the molecule is C[C@@H](c1ccccc1)N1CCC1=O. The van der Waals surface area contributed by atoms with Crippen molar-refractivity contribution in [3.8, 4) is 0 Å². The summed E-state index contributed by atoms with van der Waals surface area (Å²) in [6.07, 6.45) is 0.719. The Labute approximate surface area is 78.2 Å². The van der Waals surface area contributed by atoms with Crippen molar-refractivity contribution >= 4 is 5.91 Å². The van der Waals surface area contributed by atoms with Crippen molar-refractivity contribution in [2.24, 2.45) is 0 Å². The van der Waals surface area contributed by atoms with Gasteiger partial charge in [0, 0.05) is 13.0 Å². The minimum Gasteiger partial charge on any atom is -0.335 e. The quantitative estimate of drug-likeness (QED) is 0.629. The fraction of sp³-hybridized carbons (Fsp3) is 0.364. The molecule has 1 aliphatic heterocycles. The Morgan fingerprint density at radius 2 is 2.00 bits per heavy atom. The number of benzene rings is 1. The molecule has 0 spiro atoms. The number of nitrogens with zero attached hydrogens (tertiary/aromatic N) is 1. The molecule has 2 nitrogen and oxygen atoms in total. The van der Waals surface area contributed by atoms with Gasteiger partial charge in [-0.05, 0) is 12.5 Å². The van der Waals surface area contributed by atoms with Crippen molar-refractivity contribution in [3.63, 3.8) is 0 Å². The Balaban J connectivity index is 2.13. The van der Waals surface area contributed by atoms with Gasteiger partial charge >= 0.3 is 0 Å². The molecule has 1 amide bonds. The summed E-state index contributed by atoms with van der Waals surface area (Å²) in [7, 11) is 0. The molecule has 0 N–H and O–H groups in total. The molecule has 1 saturated heterocycles. The normalized spacial score (nSPS) is 18.2. The van der Waals surface area contributed by atoms with Gasteiger partial charge in [-0.3, -0.25) is 4.79 Å². The lowest BCUT2D eigenvalue weighted by molar-refractivity contribution is -0.142. The first-order valence-corrected chi connectivity index (χ1v) is 4.63. The Hall–Kier alpha value is -1.31. The highest BCUT2D eigenvalue weighted by Gasteiger charge is 2.28. The van der Waals surface area contributed by atoms with Gasteiger partial charge in [-0.15, -0.1) is 0 Å². The van der Waals surface area contributed by atoms with Crippen LogP contribution in [0, 0.1) is 0 Å². The Kier molecular flexibility index (Phi) is 2.05. The van der Waals surface area contributed by atoms with Gasteiger partial charge in [0.15, 0.2) is 0 Å². The molecule has 2 heteroatoms. The first-order valence-electron chi connectivity index (χ1n) is 4.63. The number of hydrogen-bond donors (Lipinski definition) is 0. The third kappa shape index (κ3) is 1.44. The summed E-state index contributed by atoms with van der Waals surface area (Å²) in [6, 6.07) is 10.4. The lowest BCUT2D eigenvalue weighted by atomic mass is 10.0. The molecule has 13 heavy (non-hydrogen) atoms. The molecule has 0 aliphatic carbocycles. The maximum atomic E-state index is 11.2. The second kappa shape index (κ2) is 3.21. The van der Waals surface area contributed by atoms with Crippen LogP contribution in [0.25, 0.3) is 0 Å². The monoisotopic (exact) mass is 175 g/mol. The van der Waals surface area contributed by atoms with Crippen LogP contribution in [0.15, 0.2) is 30.3 Å². The maximum Gasteiger partial charge on any atom is 0.224 e. The van der Waals surface area contributed by atoms with Gasteiger partial charge in [0.25, 0.3) is 0 Å². The number of carbonyl (C=O) groups excluding carboxylic acids is 1. The van der Waals surface area contributed by atoms with Crippen molar-refractivity contribution in [3.05, 3.63) is 35.9 Å². The molecule has 1 aliphatic rings. The Morgan fingerprint density at radius 1 is 1.31 bits per heavy atom. The molecule has 0 aromatic heterocycles. The smallest absolute Gasteiger partial charge is 0.224 e. The van der Waals surface area contributed by atoms with E-state index in [2.05, 4.69) is 19.1 Å². The molecule has 0 radical (unpaired) electrons. The van der Waals surface area contributed by atoms with Gasteiger partial charge in [-0.25, -0.2) is 0 Å². The van der Waals surface area contributed by atoms with Crippen LogP contribution in [0.1, 0.15) is 24.9 Å². The van der Waals surface area contributed by atoms with Crippen molar-refractivity contribution < 1.29 is 4.79 Å². The van der Waals surface area contributed by atoms with E-state index in [1.54, 1.807) is 0 Å². The summed E-state index contributed by atoms with van der Waals surface area (Å²) in [5.41, 5.74) is 1.22. The van der Waals surface area contributed by atoms with E-state index in [9.17, 15) is 4.79 Å². The molecule has 1 heterocycles. The molecule has 1 fully saturated rings. The van der Waals surface area contributed by atoms with E-state index in [0.717, 1.165) is 13.0 Å². The van der Waals surface area contributed by atoms with Crippen LogP contribution in [0.2, 0.25) is 0 Å². The standard InChI is InChI=1S/C11H13NO/c1-9(12-8-7-11(12)13)10-5-3-2-4-6-10/h2-6,9H,7-8H2,1H3/t9-/m0/s1. The summed E-state index contributed by atoms with van der Waals surface area (Å²) in [5.74, 6) is 0.274. The number of amides is 1. The molecule has 2 rings (SSSR count). The summed E-state index contributed by atoms with van der Waals surface area (Å²) in [5, 5.41) is 0. The molecular formula is C11H13NO. The molecule has 0 unspecified atom stereocenters. The molecular weight excluding hydrogens is 162 g/mol. The number of hydrogen-bond acceptors (Lipinski definition) is 1. The maximum absolute atomic E-state index is 11.2. The highest BCUT2D eigenvalue weighted by atomic mass is 16.2. The fourth-order valence-corrected chi connectivity index (χ4v) is 1.65. The summed E-state index contributed by atoms with van der Waals surface area (Å²) in [6.45, 7) is 2.99. The van der Waals surface area contributed by atoms with Crippen LogP contribution in [0.4, 0.5) is 0 Å². The third-order valence-corrected chi connectivity index (χ3v) is 2.64. The number of likely N-dealkylation sites (tertiary alicyclic amines) is 1. The fourth-order valence-electron chi connectivity index (χ4n) is 1.65. The van der Waals surface area contributed by atoms with E-state index in [-0.39, 0.29) is 11.9 Å². The van der Waals surface area contributed by atoms with Crippen molar-refractivity contribution in [2.45, 2.75) is 19.4 Å². The van der Waals surface area contributed by atoms with Crippen LogP contribution in [-0.4, -0.2) is 17.4 Å². The molecule has 1 aromatic rings. The first-order chi connectivity index (χ1) is 6.29. The second-order valence-electron chi connectivity index (χ2n) is 3.42. The van der Waals surface area contributed by atoms with Crippen LogP contribution < -0.4 is 0 Å². The van der Waals surface area contributed by atoms with Crippen molar-refractivity contribution in [2.75, 3.05) is 6.54 Å². The van der Waals surface area contributed by atoms with Crippen LogP contribution in [-0.2, 0) is 4.79 Å². The zero-order valence-electron chi connectivity index (χ0n) is 7.73. The summed E-state index contributed by atoms with van der Waals surface area (Å²) in [4.78, 5) is 13.1. The topological polar surface area (TPSA) is 20.3 Å². The number of carbonyl (C=O) groups is 1. The molecule has 1 aromatic carbocycles. The number of β-lactam (4-membered cyclic amide) rings is 1. The van der Waals surface area contributed by atoms with Gasteiger partial charge in [0.1, 0.15) is 0 Å². The van der Waals surface area contributed by atoms with E-state index in [1.807, 2.05) is 23.1 Å². The zero-order valence-corrected chi connectivity index (χ0v) is 7.73. The van der Waals surface area contributed by atoms with Gasteiger partial charge < -0.3 is 4.90 Å². The van der Waals surface area contributed by atoms with Gasteiger partial charge in [-0.1, -0.05) is 30.3 Å². The van der Waals surface area contributed by atoms with Gasteiger partial charge in [-0.2, -0.15) is 0 Å². The third-order valence-electron chi connectivity index (χ3n) is 2.64. The van der Waals surface area contributed by atoms with Crippen LogP contribution in [0.5, 0.6) is 0 Å². The highest BCUT2D eigenvalue weighted by molar-refractivity contribution is 5.82. The summed E-state index contributed by atoms with van der Waals surface area (Å²) >= 11 is 0. The molecule has 0 saturated carbocycles. The average Bonchev–Trinajstić information content (AvgIpc) is 2.17. The predicted molar refractivity (Wildman–Crippen MR) is 51.2 cm³/mol. The number of rotatable bonds is 2. The molecule has 0 bridgehead atoms. The lowest BCUT2D eigenvalue weighted by Gasteiger charge is -2.36. The Bertz CT molecular complexity index is 307. The summed E-state index contributed by atoms with van der Waals surface area (Å²) < 4.78 is 0. The van der Waals surface area contributed by atoms with Crippen LogP contribution >= 0.6 is 0 Å². The zero-order chi connectivity index (χ0) is 9.26. The van der Waals surface area contributed by atoms with E-state index in [4.69, 9.17) is 0 Å².